The molecule has 0 unspecified atom stereocenters. The maximum Gasteiger partial charge on any atom is 0.0782 e. The molecule has 2 aromatic carbocycles. The van der Waals surface area contributed by atoms with Crippen molar-refractivity contribution in [3.8, 4) is 11.1 Å². The van der Waals surface area contributed by atoms with Crippen LogP contribution >= 0.6 is 0 Å². The van der Waals surface area contributed by atoms with Gasteiger partial charge in [0, 0.05) is 17.1 Å². The van der Waals surface area contributed by atoms with Crippen molar-refractivity contribution < 1.29 is 0 Å². The largest absolute Gasteiger partial charge is 0.256 e. The Morgan fingerprint density at radius 1 is 0.833 bits per heavy atom. The molecule has 0 aliphatic carbocycles. The second-order valence-electron chi connectivity index (χ2n) is 4.70. The minimum Gasteiger partial charge on any atom is -0.256 e. The molecule has 1 heterocycles. The third kappa shape index (κ3) is 1.78. The van der Waals surface area contributed by atoms with Crippen LogP contribution in [-0.4, -0.2) is 4.98 Å². The number of nitrogens with zero attached hydrogens (tertiary/aromatic N) is 1. The van der Waals surface area contributed by atoms with Crippen LogP contribution in [0.25, 0.3) is 22.0 Å². The molecule has 0 atom stereocenters. The van der Waals surface area contributed by atoms with Crippen LogP contribution in [0.15, 0.2) is 54.7 Å². The van der Waals surface area contributed by atoms with Crippen molar-refractivity contribution >= 4 is 10.9 Å². The third-order valence-corrected chi connectivity index (χ3v) is 3.35. The summed E-state index contributed by atoms with van der Waals surface area (Å²) in [7, 11) is 0. The Labute approximate surface area is 107 Å². The highest BCUT2D eigenvalue weighted by molar-refractivity contribution is 5.95. The highest BCUT2D eigenvalue weighted by atomic mass is 14.6. The first-order valence-corrected chi connectivity index (χ1v) is 6.17. The molecule has 0 bridgehead atoms. The van der Waals surface area contributed by atoms with Gasteiger partial charge in [-0.15, -0.1) is 0 Å². The van der Waals surface area contributed by atoms with E-state index in [2.05, 4.69) is 61.3 Å². The molecule has 0 amide bonds. The Morgan fingerprint density at radius 2 is 1.61 bits per heavy atom. The minimum atomic E-state index is 1.08. The van der Waals surface area contributed by atoms with E-state index in [0.29, 0.717) is 0 Å². The zero-order valence-electron chi connectivity index (χ0n) is 10.6. The minimum absolute atomic E-state index is 1.08. The van der Waals surface area contributed by atoms with E-state index in [1.54, 1.807) is 0 Å². The van der Waals surface area contributed by atoms with Gasteiger partial charge in [-0.3, -0.25) is 4.98 Å². The molecular weight excluding hydrogens is 218 g/mol. The Hall–Kier alpha value is -2.15. The maximum atomic E-state index is 4.54. The average Bonchev–Trinajstić information content (AvgIpc) is 2.41. The first-order valence-electron chi connectivity index (χ1n) is 6.17. The molecule has 0 fully saturated rings. The van der Waals surface area contributed by atoms with Crippen molar-refractivity contribution in [3.05, 3.63) is 65.9 Å². The molecule has 1 aromatic heterocycles. The number of hydrogen-bond donors (Lipinski definition) is 0. The van der Waals surface area contributed by atoms with E-state index in [9.17, 15) is 0 Å². The van der Waals surface area contributed by atoms with E-state index in [1.807, 2.05) is 12.3 Å². The van der Waals surface area contributed by atoms with Crippen molar-refractivity contribution in [1.82, 2.24) is 4.98 Å². The van der Waals surface area contributed by atoms with E-state index in [4.69, 9.17) is 0 Å². The van der Waals surface area contributed by atoms with E-state index in [0.717, 1.165) is 5.52 Å². The van der Waals surface area contributed by atoms with Crippen LogP contribution in [0.2, 0.25) is 0 Å². The first kappa shape index (κ1) is 11.0. The van der Waals surface area contributed by atoms with Crippen LogP contribution in [0.3, 0.4) is 0 Å². The second-order valence-corrected chi connectivity index (χ2v) is 4.70. The molecule has 18 heavy (non-hydrogen) atoms. The van der Waals surface area contributed by atoms with E-state index >= 15 is 0 Å². The number of rotatable bonds is 1. The number of fused-ring (bicyclic) bond motifs is 1. The van der Waals surface area contributed by atoms with Gasteiger partial charge in [0.2, 0.25) is 0 Å². The highest BCUT2D eigenvalue weighted by Gasteiger charge is 2.06. The molecule has 3 aromatic rings. The Kier molecular flexibility index (Phi) is 2.60. The maximum absolute atomic E-state index is 4.54. The van der Waals surface area contributed by atoms with Gasteiger partial charge in [-0.25, -0.2) is 0 Å². The summed E-state index contributed by atoms with van der Waals surface area (Å²) >= 11 is 0. The Morgan fingerprint density at radius 3 is 2.39 bits per heavy atom. The van der Waals surface area contributed by atoms with Crippen LogP contribution in [0.4, 0.5) is 0 Å². The normalized spacial score (nSPS) is 10.8. The number of benzene rings is 2. The van der Waals surface area contributed by atoms with Gasteiger partial charge in [-0.2, -0.15) is 0 Å². The molecule has 0 saturated heterocycles. The van der Waals surface area contributed by atoms with Crippen LogP contribution < -0.4 is 0 Å². The zero-order chi connectivity index (χ0) is 12.5. The summed E-state index contributed by atoms with van der Waals surface area (Å²) in [5, 5.41) is 1.23. The summed E-state index contributed by atoms with van der Waals surface area (Å²) < 4.78 is 0. The van der Waals surface area contributed by atoms with Crippen molar-refractivity contribution in [3.63, 3.8) is 0 Å². The van der Waals surface area contributed by atoms with Gasteiger partial charge in [0.1, 0.15) is 0 Å². The molecule has 3 rings (SSSR count). The SMILES string of the molecule is Cc1ccc(-c2ccc(C)c3cccnc23)cc1. The van der Waals surface area contributed by atoms with E-state index in [1.165, 1.54) is 27.6 Å². The number of aryl methyl sites for hydroxylation is 2. The summed E-state index contributed by atoms with van der Waals surface area (Å²) in [5.41, 5.74) is 6.07. The first-order chi connectivity index (χ1) is 8.75. The second kappa shape index (κ2) is 4.26. The van der Waals surface area contributed by atoms with Crippen LogP contribution in [0, 0.1) is 13.8 Å². The Balaban J connectivity index is 2.30. The zero-order valence-corrected chi connectivity index (χ0v) is 10.6. The molecule has 0 radical (unpaired) electrons. The molecule has 0 aliphatic rings. The van der Waals surface area contributed by atoms with E-state index in [-0.39, 0.29) is 0 Å². The molecule has 1 heteroatoms. The quantitative estimate of drug-likeness (QED) is 0.602. The fourth-order valence-electron chi connectivity index (χ4n) is 2.28. The molecule has 0 saturated carbocycles. The van der Waals surface area contributed by atoms with Crippen LogP contribution in [-0.2, 0) is 0 Å². The molecule has 0 spiro atoms. The van der Waals surface area contributed by atoms with Crippen molar-refractivity contribution in [2.75, 3.05) is 0 Å². The molecule has 0 aliphatic heterocycles. The van der Waals surface area contributed by atoms with Gasteiger partial charge in [0.05, 0.1) is 5.52 Å². The summed E-state index contributed by atoms with van der Waals surface area (Å²) in [6.45, 7) is 4.23. The van der Waals surface area contributed by atoms with Crippen molar-refractivity contribution in [2.45, 2.75) is 13.8 Å². The predicted octanol–water partition coefficient (Wildman–Crippen LogP) is 4.52. The third-order valence-electron chi connectivity index (χ3n) is 3.35. The van der Waals surface area contributed by atoms with Crippen molar-refractivity contribution in [2.24, 2.45) is 0 Å². The molecule has 0 N–H and O–H groups in total. The van der Waals surface area contributed by atoms with Gasteiger partial charge in [0.25, 0.3) is 0 Å². The molecular formula is C17H15N. The van der Waals surface area contributed by atoms with Gasteiger partial charge in [0.15, 0.2) is 0 Å². The smallest absolute Gasteiger partial charge is 0.0782 e. The van der Waals surface area contributed by atoms with Gasteiger partial charge in [-0.05, 0) is 31.0 Å². The van der Waals surface area contributed by atoms with Crippen LogP contribution in [0.5, 0.6) is 0 Å². The number of hydrogen-bond acceptors (Lipinski definition) is 1. The number of aromatic nitrogens is 1. The summed E-state index contributed by atoms with van der Waals surface area (Å²) in [4.78, 5) is 4.54. The monoisotopic (exact) mass is 233 g/mol. The van der Waals surface area contributed by atoms with Gasteiger partial charge >= 0.3 is 0 Å². The molecule has 1 nitrogen and oxygen atoms in total. The standard InChI is InChI=1S/C17H15N/c1-12-5-8-14(9-6-12)16-10-7-13(2)15-4-3-11-18-17(15)16/h3-11H,1-2H3. The topological polar surface area (TPSA) is 12.9 Å². The fraction of sp³-hybridized carbons (Fsp3) is 0.118. The van der Waals surface area contributed by atoms with Gasteiger partial charge < -0.3 is 0 Å². The fourth-order valence-corrected chi connectivity index (χ4v) is 2.28. The summed E-state index contributed by atoms with van der Waals surface area (Å²) in [5.74, 6) is 0. The lowest BCUT2D eigenvalue weighted by Gasteiger charge is -2.08. The summed E-state index contributed by atoms with van der Waals surface area (Å²) in [6, 6.07) is 17.1. The lowest BCUT2D eigenvalue weighted by molar-refractivity contribution is 1.39. The predicted molar refractivity (Wildman–Crippen MR) is 76.7 cm³/mol. The Bertz CT molecular complexity index is 696. The average molecular weight is 233 g/mol. The molecule has 88 valence electrons. The lowest BCUT2D eigenvalue weighted by Crippen LogP contribution is -1.87. The van der Waals surface area contributed by atoms with Gasteiger partial charge in [-0.1, -0.05) is 48.0 Å². The lowest BCUT2D eigenvalue weighted by atomic mass is 9.98. The number of pyridine rings is 1. The van der Waals surface area contributed by atoms with Crippen LogP contribution in [0.1, 0.15) is 11.1 Å². The summed E-state index contributed by atoms with van der Waals surface area (Å²) in [6.07, 6.45) is 1.86. The van der Waals surface area contributed by atoms with E-state index < -0.39 is 0 Å². The highest BCUT2D eigenvalue weighted by Crippen LogP contribution is 2.29. The van der Waals surface area contributed by atoms with Crippen molar-refractivity contribution in [1.29, 1.82) is 0 Å².